The number of fused-ring (bicyclic) bond motifs is 1. The Morgan fingerprint density at radius 2 is 2.00 bits per heavy atom. The van der Waals surface area contributed by atoms with Crippen LogP contribution in [0.15, 0.2) is 18.2 Å². The van der Waals surface area contributed by atoms with Crippen molar-refractivity contribution in [2.75, 3.05) is 14.2 Å². The monoisotopic (exact) mass is 348 g/mol. The van der Waals surface area contributed by atoms with Gasteiger partial charge >= 0.3 is 17.2 Å². The Hall–Kier alpha value is -2.21. The van der Waals surface area contributed by atoms with Gasteiger partial charge in [-0.15, -0.1) is 0 Å². The Labute approximate surface area is 133 Å². The van der Waals surface area contributed by atoms with E-state index in [1.165, 1.54) is 26.3 Å². The molecular formula is C12H16N2O8S. The average Bonchev–Trinajstić information content (AvgIpc) is 2.77. The second kappa shape index (κ2) is 6.50. The number of likely N-dealkylation sites (N-methyl/N-ethyl adjacent to an activating group) is 1. The van der Waals surface area contributed by atoms with Gasteiger partial charge in [0, 0.05) is 13.5 Å². The summed E-state index contributed by atoms with van der Waals surface area (Å²) >= 11 is -3.61. The Bertz CT molecular complexity index is 623. The fourth-order valence-corrected chi connectivity index (χ4v) is 2.73. The van der Waals surface area contributed by atoms with Crippen molar-refractivity contribution in [1.82, 2.24) is 10.4 Å². The fourth-order valence-electron chi connectivity index (χ4n) is 1.96. The normalized spacial score (nSPS) is 17.2. The van der Waals surface area contributed by atoms with E-state index in [-0.39, 0.29) is 17.9 Å². The highest BCUT2D eigenvalue weighted by atomic mass is 32.3. The van der Waals surface area contributed by atoms with Crippen molar-refractivity contribution in [3.05, 3.63) is 23.8 Å². The van der Waals surface area contributed by atoms with Crippen LogP contribution in [0.2, 0.25) is 0 Å². The van der Waals surface area contributed by atoms with Crippen molar-refractivity contribution in [2.24, 2.45) is 0 Å². The second-order valence-electron chi connectivity index (χ2n) is 4.62. The summed E-state index contributed by atoms with van der Waals surface area (Å²) in [5.41, 5.74) is 0.529. The van der Waals surface area contributed by atoms with Crippen LogP contribution in [0.4, 0.5) is 4.79 Å². The molecule has 0 radical (unpaired) electrons. The van der Waals surface area contributed by atoms with Crippen LogP contribution in [0.25, 0.3) is 0 Å². The summed E-state index contributed by atoms with van der Waals surface area (Å²) in [7, 11) is 2.63. The zero-order valence-corrected chi connectivity index (χ0v) is 13.1. The molecule has 1 heterocycles. The number of hydrogen-bond acceptors (Lipinski definition) is 7. The van der Waals surface area contributed by atoms with Crippen LogP contribution < -0.4 is 13.7 Å². The summed E-state index contributed by atoms with van der Waals surface area (Å²) in [4.78, 5) is 27.7. The molecule has 1 atom stereocenters. The maximum absolute atomic E-state index is 12.1. The van der Waals surface area contributed by atoms with Gasteiger partial charge in [0.05, 0.1) is 7.11 Å². The molecule has 2 rings (SSSR count). The molecule has 1 aromatic carbocycles. The van der Waals surface area contributed by atoms with E-state index in [9.17, 15) is 18.7 Å². The predicted molar refractivity (Wildman–Crippen MR) is 79.0 cm³/mol. The van der Waals surface area contributed by atoms with Gasteiger partial charge < -0.3 is 18.8 Å². The van der Waals surface area contributed by atoms with Gasteiger partial charge in [-0.2, -0.15) is 0 Å². The lowest BCUT2D eigenvalue weighted by Crippen LogP contribution is -2.47. The van der Waals surface area contributed by atoms with Gasteiger partial charge in [0.2, 0.25) is 0 Å². The third-order valence-corrected chi connectivity index (χ3v) is 3.82. The smallest absolute Gasteiger partial charge is 0.405 e. The lowest BCUT2D eigenvalue weighted by molar-refractivity contribution is -0.170. The first-order chi connectivity index (χ1) is 10.7. The van der Waals surface area contributed by atoms with Crippen LogP contribution in [0, 0.1) is 0 Å². The highest BCUT2D eigenvalue weighted by Crippen LogP contribution is 2.53. The Morgan fingerprint density at radius 1 is 1.35 bits per heavy atom. The van der Waals surface area contributed by atoms with Gasteiger partial charge in [-0.05, 0) is 17.7 Å². The maximum atomic E-state index is 12.1. The van der Waals surface area contributed by atoms with Gasteiger partial charge in [-0.1, -0.05) is 6.07 Å². The van der Waals surface area contributed by atoms with Gasteiger partial charge in [0.25, 0.3) is 5.91 Å². The van der Waals surface area contributed by atoms with Crippen LogP contribution in [0.5, 0.6) is 11.5 Å². The fraction of sp³-hybridized carbons (Fsp3) is 0.333. The third-order valence-electron chi connectivity index (χ3n) is 3.02. The molecule has 11 heteroatoms. The van der Waals surface area contributed by atoms with E-state index in [1.54, 1.807) is 6.07 Å². The molecule has 0 bridgehead atoms. The van der Waals surface area contributed by atoms with Crippen LogP contribution in [0.1, 0.15) is 5.56 Å². The number of nitrogens with zero attached hydrogens (tertiary/aromatic N) is 1. The van der Waals surface area contributed by atoms with Crippen LogP contribution in [-0.2, 0) is 16.1 Å². The van der Waals surface area contributed by atoms with Crippen molar-refractivity contribution in [3.63, 3.8) is 0 Å². The molecule has 0 saturated heterocycles. The minimum Gasteiger partial charge on any atom is -0.465 e. The lowest BCUT2D eigenvalue weighted by Gasteiger charge is -2.21. The number of rotatable bonds is 5. The van der Waals surface area contributed by atoms with E-state index < -0.39 is 29.2 Å². The zero-order valence-electron chi connectivity index (χ0n) is 12.3. The number of hydrogen-bond donors (Lipinski definition) is 4. The summed E-state index contributed by atoms with van der Waals surface area (Å²) in [5.74, 6) is -0.335. The van der Waals surface area contributed by atoms with Crippen molar-refractivity contribution in [2.45, 2.75) is 12.5 Å². The van der Waals surface area contributed by atoms with Crippen molar-refractivity contribution >= 4 is 23.2 Å². The topological polar surface area (TPSA) is 138 Å². The highest BCUT2D eigenvalue weighted by molar-refractivity contribution is 8.16. The summed E-state index contributed by atoms with van der Waals surface area (Å²) in [6.45, 7) is 0. The molecule has 1 unspecified atom stereocenters. The van der Waals surface area contributed by atoms with Crippen LogP contribution in [-0.4, -0.2) is 51.5 Å². The first kappa shape index (κ1) is 17.1. The third kappa shape index (κ3) is 4.16. The number of amides is 2. The first-order valence-electron chi connectivity index (χ1n) is 6.33. The molecule has 0 saturated carbocycles. The first-order valence-corrected chi connectivity index (χ1v) is 7.72. The summed E-state index contributed by atoms with van der Waals surface area (Å²) in [6.07, 6.45) is -1.35. The van der Waals surface area contributed by atoms with E-state index in [0.29, 0.717) is 5.56 Å². The van der Waals surface area contributed by atoms with E-state index >= 15 is 0 Å². The number of carboxylic acid groups (broad SMARTS) is 1. The van der Waals surface area contributed by atoms with E-state index in [1.807, 2.05) is 0 Å². The lowest BCUT2D eigenvalue weighted by atomic mass is 10.0. The minimum absolute atomic E-state index is 0.00860. The predicted octanol–water partition coefficient (Wildman–Crippen LogP) is 1.24. The molecule has 2 amide bonds. The summed E-state index contributed by atoms with van der Waals surface area (Å²) in [5, 5.41) is 11.9. The SMILES string of the molecule is CON(C)C(=O)C(Cc1ccc2c(c1)OS(O)(O)O2)NC(=O)O. The number of benzene rings is 1. The van der Waals surface area contributed by atoms with Crippen LogP contribution in [0.3, 0.4) is 0 Å². The van der Waals surface area contributed by atoms with Gasteiger partial charge in [0.1, 0.15) is 6.04 Å². The standard InChI is InChI=1S/C12H16N2O8S/c1-14(20-2)11(15)8(13-12(16)17)5-7-3-4-9-10(6-7)22-23(18,19)21-9/h3-4,6,8,13,18-19H,5H2,1-2H3,(H,16,17). The van der Waals surface area contributed by atoms with Crippen molar-refractivity contribution in [1.29, 1.82) is 0 Å². The number of carbonyl (C=O) groups is 2. The molecule has 1 aliphatic heterocycles. The molecule has 0 aliphatic carbocycles. The Kier molecular flexibility index (Phi) is 4.85. The Morgan fingerprint density at radius 3 is 2.61 bits per heavy atom. The molecule has 1 aliphatic rings. The minimum atomic E-state index is -3.61. The number of nitrogens with one attached hydrogen (secondary N) is 1. The molecule has 1 aromatic rings. The van der Waals surface area contributed by atoms with Gasteiger partial charge in [-0.25, -0.2) is 9.86 Å². The maximum Gasteiger partial charge on any atom is 0.405 e. The van der Waals surface area contributed by atoms with Crippen molar-refractivity contribution in [3.8, 4) is 11.5 Å². The number of hydroxylamine groups is 2. The highest BCUT2D eigenvalue weighted by Gasteiger charge is 2.34. The molecular weight excluding hydrogens is 332 g/mol. The quantitative estimate of drug-likeness (QED) is 0.583. The zero-order chi connectivity index (χ0) is 17.2. The molecule has 0 aromatic heterocycles. The molecule has 0 spiro atoms. The second-order valence-corrected chi connectivity index (χ2v) is 5.85. The van der Waals surface area contributed by atoms with Gasteiger partial charge in [-0.3, -0.25) is 18.7 Å². The molecule has 23 heavy (non-hydrogen) atoms. The molecule has 128 valence electrons. The van der Waals surface area contributed by atoms with E-state index in [4.69, 9.17) is 18.3 Å². The number of carbonyl (C=O) groups excluding carboxylic acids is 1. The largest absolute Gasteiger partial charge is 0.465 e. The summed E-state index contributed by atoms with van der Waals surface area (Å²) < 4.78 is 28.3. The summed E-state index contributed by atoms with van der Waals surface area (Å²) in [6, 6.07) is 3.35. The molecule has 4 N–H and O–H groups in total. The van der Waals surface area contributed by atoms with Gasteiger partial charge in [0.15, 0.2) is 11.5 Å². The molecule has 0 fully saturated rings. The van der Waals surface area contributed by atoms with Crippen molar-refractivity contribution < 1.29 is 37.0 Å². The van der Waals surface area contributed by atoms with E-state index in [0.717, 1.165) is 5.06 Å². The molecule has 10 nitrogen and oxygen atoms in total. The Balaban J connectivity index is 2.17. The average molecular weight is 348 g/mol. The van der Waals surface area contributed by atoms with E-state index in [2.05, 4.69) is 5.32 Å². The van der Waals surface area contributed by atoms with Crippen LogP contribution >= 0.6 is 11.2 Å².